The molecule has 4 aromatic carbocycles. The molecule has 1 aliphatic carbocycles. The third-order valence-electron chi connectivity index (χ3n) is 12.6. The van der Waals surface area contributed by atoms with Crippen LogP contribution in [0, 0.1) is 17.8 Å². The Kier molecular flexibility index (Phi) is 16.6. The summed E-state index contributed by atoms with van der Waals surface area (Å²) in [4.78, 5) is 39.2. The highest BCUT2D eigenvalue weighted by Crippen LogP contribution is 2.41. The van der Waals surface area contributed by atoms with Gasteiger partial charge in [0.1, 0.15) is 17.2 Å². The molecular formula is C54H75NO8Si2. The number of likely N-dealkylation sites (tertiary alicyclic amines) is 1. The smallest absolute Gasteiger partial charge is 0.411 e. The minimum atomic E-state index is -2.80. The lowest BCUT2D eigenvalue weighted by Crippen LogP contribution is -2.67. The van der Waals surface area contributed by atoms with E-state index in [9.17, 15) is 19.5 Å². The number of carbonyl (C=O) groups is 3. The van der Waals surface area contributed by atoms with Crippen LogP contribution in [0.1, 0.15) is 109 Å². The van der Waals surface area contributed by atoms with Crippen molar-refractivity contribution in [2.45, 2.75) is 136 Å². The Labute approximate surface area is 391 Å². The van der Waals surface area contributed by atoms with Gasteiger partial charge in [-0.2, -0.15) is 0 Å². The highest BCUT2D eigenvalue weighted by atomic mass is 28.4. The molecular weight excluding hydrogens is 847 g/mol. The zero-order chi connectivity index (χ0) is 47.8. The summed E-state index contributed by atoms with van der Waals surface area (Å²) in [5.74, 6) is -1.29. The van der Waals surface area contributed by atoms with Crippen molar-refractivity contribution >= 4 is 55.4 Å². The van der Waals surface area contributed by atoms with Gasteiger partial charge in [0.05, 0.1) is 5.92 Å². The summed E-state index contributed by atoms with van der Waals surface area (Å²) in [5, 5.41) is 14.6. The molecule has 0 spiro atoms. The second-order valence-corrected chi connectivity index (χ2v) is 30.4. The summed E-state index contributed by atoms with van der Waals surface area (Å²) in [5.41, 5.74) is -1.15. The van der Waals surface area contributed by atoms with E-state index in [0.717, 1.165) is 29.6 Å². The van der Waals surface area contributed by atoms with Gasteiger partial charge in [0.2, 0.25) is 0 Å². The van der Waals surface area contributed by atoms with Crippen LogP contribution in [0.25, 0.3) is 0 Å². The van der Waals surface area contributed by atoms with Crippen LogP contribution in [0.2, 0.25) is 10.1 Å². The van der Waals surface area contributed by atoms with Crippen LogP contribution in [0.4, 0.5) is 4.79 Å². The highest BCUT2D eigenvalue weighted by molar-refractivity contribution is 7.00. The van der Waals surface area contributed by atoms with Gasteiger partial charge in [-0.25, -0.2) is 9.59 Å². The Morgan fingerprint density at radius 2 is 0.908 bits per heavy atom. The van der Waals surface area contributed by atoms with E-state index in [0.29, 0.717) is 19.6 Å². The van der Waals surface area contributed by atoms with Crippen molar-refractivity contribution in [3.8, 4) is 0 Å². The Morgan fingerprint density at radius 1 is 0.538 bits per heavy atom. The van der Waals surface area contributed by atoms with E-state index >= 15 is 0 Å². The van der Waals surface area contributed by atoms with Gasteiger partial charge in [-0.3, -0.25) is 9.69 Å². The molecule has 4 atom stereocenters. The van der Waals surface area contributed by atoms with Crippen LogP contribution < -0.4 is 20.7 Å². The molecule has 6 rings (SSSR count). The number of nitrogens with zero attached hydrogens (tertiary/aromatic N) is 1. The third-order valence-corrected chi connectivity index (χ3v) is 22.6. The fourth-order valence-electron chi connectivity index (χ4n) is 9.80. The standard InChI is InChI=1S/C27H37NO5Si.C27H38O3Si/c1-26(2,3)33-25(31)28-18-17-20(23(28)24(29)30)19-32-34(27(4,5)6,21-13-9-7-10-14-21)22-15-11-8-12-16-22;1-26(2,3)30-25(28)24-19-13-14-21(24)20-29-31(27(4,5)6,22-15-9-7-10-16-22)23-17-11-8-12-18-23/h7-16,20,23H,17-19H2,1-6H3,(H,29,30);7-12,15-18,21,24H,13-14,19-20H2,1-6H3/t20-,23+;21-,24+/m11/s1. The number of carboxylic acids is 1. The van der Waals surface area contributed by atoms with Crippen molar-refractivity contribution in [2.24, 2.45) is 17.8 Å². The molecule has 65 heavy (non-hydrogen) atoms. The number of amides is 1. The number of hydrogen-bond acceptors (Lipinski definition) is 7. The molecule has 11 heteroatoms. The van der Waals surface area contributed by atoms with Gasteiger partial charge in [-0.05, 0) is 97.5 Å². The first-order chi connectivity index (χ1) is 30.4. The van der Waals surface area contributed by atoms with Crippen LogP contribution in [0.5, 0.6) is 0 Å². The lowest BCUT2D eigenvalue weighted by Gasteiger charge is -2.43. The lowest BCUT2D eigenvalue weighted by molar-refractivity contribution is -0.161. The predicted molar refractivity (Wildman–Crippen MR) is 266 cm³/mol. The molecule has 4 aromatic rings. The van der Waals surface area contributed by atoms with Crippen LogP contribution >= 0.6 is 0 Å². The number of hydrogen-bond donors (Lipinski definition) is 1. The second-order valence-electron chi connectivity index (χ2n) is 21.8. The summed E-state index contributed by atoms with van der Waals surface area (Å²) in [7, 11) is -5.38. The van der Waals surface area contributed by atoms with E-state index in [2.05, 4.69) is 126 Å². The lowest BCUT2D eigenvalue weighted by atomic mass is 9.97. The second kappa shape index (κ2) is 21.0. The molecule has 1 N–H and O–H groups in total. The SMILES string of the molecule is CC(C)(C)OC(=O)N1CC[C@H](CO[Si](c2ccccc2)(c2ccccc2)C(C)(C)C)[C@H]1C(=O)O.CC(C)(C)OC(=O)[C@H]1CCC[C@@H]1CO[Si](c1ccccc1)(c1ccccc1)C(C)(C)C. The van der Waals surface area contributed by atoms with Crippen LogP contribution in [-0.4, -0.2) is 81.7 Å². The summed E-state index contributed by atoms with van der Waals surface area (Å²) in [6.45, 7) is 25.8. The molecule has 0 radical (unpaired) electrons. The Morgan fingerprint density at radius 3 is 1.25 bits per heavy atom. The molecule has 2 fully saturated rings. The van der Waals surface area contributed by atoms with E-state index in [1.807, 2.05) is 57.2 Å². The van der Waals surface area contributed by atoms with Gasteiger partial charge in [0.25, 0.3) is 16.6 Å². The van der Waals surface area contributed by atoms with Gasteiger partial charge in [-0.1, -0.05) is 169 Å². The van der Waals surface area contributed by atoms with Crippen LogP contribution in [-0.2, 0) is 27.9 Å². The van der Waals surface area contributed by atoms with Gasteiger partial charge in [0, 0.05) is 25.7 Å². The van der Waals surface area contributed by atoms with Crippen molar-refractivity contribution in [1.29, 1.82) is 0 Å². The maximum absolute atomic E-state index is 12.9. The van der Waals surface area contributed by atoms with Crippen molar-refractivity contribution < 1.29 is 37.8 Å². The van der Waals surface area contributed by atoms with E-state index in [-0.39, 0.29) is 40.4 Å². The monoisotopic (exact) mass is 922 g/mol. The Bertz CT molecular complexity index is 2060. The number of rotatable bonds is 12. The van der Waals surface area contributed by atoms with Crippen molar-refractivity contribution in [3.63, 3.8) is 0 Å². The average Bonchev–Trinajstić information content (AvgIpc) is 3.89. The maximum atomic E-state index is 12.9. The molecule has 1 aliphatic heterocycles. The quantitative estimate of drug-likeness (QED) is 0.111. The fraction of sp³-hybridized carbons (Fsp3) is 0.500. The van der Waals surface area contributed by atoms with Crippen molar-refractivity contribution in [1.82, 2.24) is 4.90 Å². The molecule has 2 aliphatic rings. The molecule has 1 heterocycles. The maximum Gasteiger partial charge on any atom is 0.411 e. The molecule has 9 nitrogen and oxygen atoms in total. The van der Waals surface area contributed by atoms with Gasteiger partial charge >= 0.3 is 18.0 Å². The summed E-state index contributed by atoms with van der Waals surface area (Å²) in [6.07, 6.45) is 2.92. The molecule has 1 saturated carbocycles. The Hall–Kier alpha value is -4.56. The predicted octanol–water partition coefficient (Wildman–Crippen LogP) is 9.59. The fourth-order valence-corrected chi connectivity index (χ4v) is 19.0. The number of carbonyl (C=O) groups excluding carboxylic acids is 2. The first kappa shape index (κ1) is 51.4. The first-order valence-corrected chi connectivity index (χ1v) is 27.2. The number of esters is 1. The first-order valence-electron chi connectivity index (χ1n) is 23.4. The highest BCUT2D eigenvalue weighted by Gasteiger charge is 2.53. The van der Waals surface area contributed by atoms with Gasteiger partial charge in [-0.15, -0.1) is 0 Å². The van der Waals surface area contributed by atoms with Gasteiger partial charge < -0.3 is 23.4 Å². The molecule has 0 unspecified atom stereocenters. The zero-order valence-electron chi connectivity index (χ0n) is 41.1. The molecule has 1 amide bonds. The van der Waals surface area contributed by atoms with E-state index in [4.69, 9.17) is 18.3 Å². The Balaban J connectivity index is 0.000000245. The number of carboxylic acid groups (broad SMARTS) is 1. The summed E-state index contributed by atoms with van der Waals surface area (Å²) >= 11 is 0. The van der Waals surface area contributed by atoms with E-state index in [1.54, 1.807) is 20.8 Å². The molecule has 0 bridgehead atoms. The van der Waals surface area contributed by atoms with E-state index in [1.165, 1.54) is 15.3 Å². The summed E-state index contributed by atoms with van der Waals surface area (Å²) < 4.78 is 25.3. The minimum Gasteiger partial charge on any atom is -0.480 e. The average molecular weight is 922 g/mol. The third kappa shape index (κ3) is 12.3. The van der Waals surface area contributed by atoms with Crippen molar-refractivity contribution in [3.05, 3.63) is 121 Å². The van der Waals surface area contributed by atoms with Crippen LogP contribution in [0.3, 0.4) is 0 Å². The van der Waals surface area contributed by atoms with Gasteiger partial charge in [0.15, 0.2) is 0 Å². The number of aliphatic carboxylic acids is 1. The van der Waals surface area contributed by atoms with Crippen LogP contribution in [0.15, 0.2) is 121 Å². The van der Waals surface area contributed by atoms with E-state index < -0.39 is 45.9 Å². The largest absolute Gasteiger partial charge is 0.480 e. The topological polar surface area (TPSA) is 112 Å². The molecule has 0 aromatic heterocycles. The normalized spacial score (nSPS) is 19.5. The minimum absolute atomic E-state index is 0.0598. The zero-order valence-corrected chi connectivity index (χ0v) is 43.1. The molecule has 1 saturated heterocycles. The molecule has 352 valence electrons. The number of ether oxygens (including phenoxy) is 2. The summed E-state index contributed by atoms with van der Waals surface area (Å²) in [6, 6.07) is 40.9. The number of benzene rings is 4. The van der Waals surface area contributed by atoms with Crippen molar-refractivity contribution in [2.75, 3.05) is 19.8 Å².